The number of halogens is 1. The number of fused-ring (bicyclic) bond motifs is 1. The fourth-order valence-electron chi connectivity index (χ4n) is 3.02. The van der Waals surface area contributed by atoms with Gasteiger partial charge in [-0.2, -0.15) is 5.10 Å². The molecule has 2 heterocycles. The third-order valence-corrected chi connectivity index (χ3v) is 6.14. The lowest BCUT2D eigenvalue weighted by atomic mass is 10.1. The molecule has 0 aliphatic heterocycles. The van der Waals surface area contributed by atoms with Gasteiger partial charge in [0, 0.05) is 10.1 Å². The van der Waals surface area contributed by atoms with Crippen molar-refractivity contribution in [2.75, 3.05) is 0 Å². The molecule has 0 spiro atoms. The average molecular weight is 397 g/mol. The van der Waals surface area contributed by atoms with Gasteiger partial charge in [0.05, 0.1) is 16.8 Å². The van der Waals surface area contributed by atoms with Crippen LogP contribution in [0.2, 0.25) is 5.02 Å². The van der Waals surface area contributed by atoms with E-state index in [4.69, 9.17) is 11.6 Å². The lowest BCUT2D eigenvalue weighted by Crippen LogP contribution is -2.26. The fourth-order valence-corrected chi connectivity index (χ4v) is 4.61. The first-order valence-corrected chi connectivity index (χ1v) is 9.67. The molecule has 2 aromatic carbocycles. The van der Waals surface area contributed by atoms with Gasteiger partial charge in [-0.15, -0.1) is 11.3 Å². The number of carbonyl (C=O) groups is 1. The summed E-state index contributed by atoms with van der Waals surface area (Å²) in [6, 6.07) is 13.7. The van der Waals surface area contributed by atoms with Crippen LogP contribution in [0.1, 0.15) is 33.8 Å². The second-order valence-corrected chi connectivity index (χ2v) is 7.75. The lowest BCUT2D eigenvalue weighted by molar-refractivity contribution is 0.0944. The Kier molecular flexibility index (Phi) is 4.68. The molecule has 0 saturated carbocycles. The Morgan fingerprint density at radius 3 is 2.67 bits per heavy atom. The predicted molar refractivity (Wildman–Crippen MR) is 109 cm³/mol. The molecule has 0 aliphatic carbocycles. The van der Waals surface area contributed by atoms with Crippen molar-refractivity contribution in [1.29, 1.82) is 0 Å². The highest BCUT2D eigenvalue weighted by Gasteiger charge is 2.20. The van der Waals surface area contributed by atoms with Crippen molar-refractivity contribution in [3.63, 3.8) is 0 Å². The van der Waals surface area contributed by atoms with Gasteiger partial charge in [0.25, 0.3) is 5.91 Å². The minimum atomic E-state index is -0.159. The first-order valence-electron chi connectivity index (χ1n) is 8.48. The Balaban J connectivity index is 1.54. The molecule has 0 saturated heterocycles. The summed E-state index contributed by atoms with van der Waals surface area (Å²) in [5.41, 5.74) is 2.99. The second kappa shape index (κ2) is 7.13. The van der Waals surface area contributed by atoms with Gasteiger partial charge in [0.15, 0.2) is 0 Å². The quantitative estimate of drug-likeness (QED) is 0.531. The minimum absolute atomic E-state index is 0.148. The number of thiophene rings is 1. The summed E-state index contributed by atoms with van der Waals surface area (Å²) in [5, 5.41) is 8.63. The molecule has 1 amide bonds. The van der Waals surface area contributed by atoms with Crippen LogP contribution in [0.15, 0.2) is 55.1 Å². The van der Waals surface area contributed by atoms with E-state index in [1.807, 2.05) is 56.3 Å². The number of nitrogens with zero attached hydrogens (tertiary/aromatic N) is 3. The van der Waals surface area contributed by atoms with Crippen LogP contribution in [0.25, 0.3) is 15.8 Å². The molecule has 0 fully saturated rings. The maximum atomic E-state index is 12.8. The second-order valence-electron chi connectivity index (χ2n) is 6.32. The zero-order chi connectivity index (χ0) is 19.0. The number of carbonyl (C=O) groups excluding carboxylic acids is 1. The van der Waals surface area contributed by atoms with E-state index >= 15 is 0 Å². The normalized spacial score (nSPS) is 12.3. The highest BCUT2D eigenvalue weighted by molar-refractivity contribution is 7.21. The molecule has 0 aliphatic rings. The monoisotopic (exact) mass is 396 g/mol. The van der Waals surface area contributed by atoms with Crippen LogP contribution in [-0.2, 0) is 0 Å². The molecule has 0 unspecified atom stereocenters. The molecule has 5 nitrogen and oxygen atoms in total. The number of aryl methyl sites for hydroxylation is 1. The number of hydrogen-bond donors (Lipinski definition) is 1. The number of amides is 1. The summed E-state index contributed by atoms with van der Waals surface area (Å²) in [6.07, 6.45) is 3.14. The first-order chi connectivity index (χ1) is 13.0. The van der Waals surface area contributed by atoms with Crippen molar-refractivity contribution in [2.24, 2.45) is 0 Å². The van der Waals surface area contributed by atoms with E-state index in [0.29, 0.717) is 9.90 Å². The van der Waals surface area contributed by atoms with Gasteiger partial charge < -0.3 is 5.32 Å². The molecule has 0 bridgehead atoms. The number of hydrogen-bond acceptors (Lipinski definition) is 4. The third kappa shape index (κ3) is 3.34. The van der Waals surface area contributed by atoms with Gasteiger partial charge >= 0.3 is 0 Å². The van der Waals surface area contributed by atoms with Crippen LogP contribution < -0.4 is 5.32 Å². The largest absolute Gasteiger partial charge is 0.345 e. The molecule has 27 heavy (non-hydrogen) atoms. The van der Waals surface area contributed by atoms with Gasteiger partial charge in [-0.25, -0.2) is 9.67 Å². The summed E-state index contributed by atoms with van der Waals surface area (Å²) < 4.78 is 2.71. The van der Waals surface area contributed by atoms with E-state index in [2.05, 4.69) is 15.4 Å². The highest BCUT2D eigenvalue weighted by Crippen LogP contribution is 2.37. The first kappa shape index (κ1) is 17.7. The Hall–Kier alpha value is -2.70. The molecule has 136 valence electrons. The third-order valence-electron chi connectivity index (χ3n) is 4.50. The summed E-state index contributed by atoms with van der Waals surface area (Å²) in [4.78, 5) is 17.3. The fraction of sp³-hybridized carbons (Fsp3) is 0.150. The van der Waals surface area contributed by atoms with E-state index in [9.17, 15) is 4.79 Å². The topological polar surface area (TPSA) is 59.8 Å². The van der Waals surface area contributed by atoms with E-state index in [-0.39, 0.29) is 11.9 Å². The highest BCUT2D eigenvalue weighted by atomic mass is 35.5. The van der Waals surface area contributed by atoms with Crippen molar-refractivity contribution in [1.82, 2.24) is 20.1 Å². The summed E-state index contributed by atoms with van der Waals surface area (Å²) in [7, 11) is 0. The molecule has 4 rings (SSSR count). The van der Waals surface area contributed by atoms with Gasteiger partial charge in [0.2, 0.25) is 0 Å². The molecular weight excluding hydrogens is 380 g/mol. The van der Waals surface area contributed by atoms with Crippen LogP contribution >= 0.6 is 22.9 Å². The standard InChI is InChI=1S/C20H17ClN4OS/c1-12-4-3-5-16-17(12)18(21)19(27-16)20(26)24-13(2)14-6-8-15(9-7-14)25-11-22-10-23-25/h3-11,13H,1-2H3,(H,24,26)/t13-/m1/s1. The number of nitrogens with one attached hydrogen (secondary N) is 1. The van der Waals surface area contributed by atoms with Crippen LogP contribution in [0.5, 0.6) is 0 Å². The summed E-state index contributed by atoms with van der Waals surface area (Å²) in [5.74, 6) is -0.159. The number of aromatic nitrogens is 3. The van der Waals surface area contributed by atoms with Crippen molar-refractivity contribution >= 4 is 38.9 Å². The van der Waals surface area contributed by atoms with E-state index in [1.165, 1.54) is 17.7 Å². The van der Waals surface area contributed by atoms with E-state index in [1.54, 1.807) is 11.0 Å². The molecule has 1 atom stereocenters. The van der Waals surface area contributed by atoms with Crippen molar-refractivity contribution in [2.45, 2.75) is 19.9 Å². The zero-order valence-electron chi connectivity index (χ0n) is 14.8. The van der Waals surface area contributed by atoms with Crippen LogP contribution in [0, 0.1) is 6.92 Å². The molecule has 2 aromatic heterocycles. The molecule has 0 radical (unpaired) electrons. The lowest BCUT2D eigenvalue weighted by Gasteiger charge is -2.14. The Morgan fingerprint density at radius 2 is 2.00 bits per heavy atom. The number of benzene rings is 2. The van der Waals surface area contributed by atoms with Gasteiger partial charge in [-0.3, -0.25) is 4.79 Å². The Labute approximate surface area is 165 Å². The van der Waals surface area contributed by atoms with Crippen molar-refractivity contribution < 1.29 is 4.79 Å². The molecule has 1 N–H and O–H groups in total. The van der Waals surface area contributed by atoms with Crippen LogP contribution in [-0.4, -0.2) is 20.7 Å². The maximum absolute atomic E-state index is 12.8. The van der Waals surface area contributed by atoms with Gasteiger partial charge in [0.1, 0.15) is 17.5 Å². The maximum Gasteiger partial charge on any atom is 0.263 e. The van der Waals surface area contributed by atoms with Gasteiger partial charge in [-0.1, -0.05) is 35.9 Å². The summed E-state index contributed by atoms with van der Waals surface area (Å²) in [6.45, 7) is 3.96. The number of rotatable bonds is 4. The molecule has 7 heteroatoms. The van der Waals surface area contributed by atoms with E-state index < -0.39 is 0 Å². The molecular formula is C20H17ClN4OS. The van der Waals surface area contributed by atoms with Crippen LogP contribution in [0.3, 0.4) is 0 Å². The van der Waals surface area contributed by atoms with Crippen LogP contribution in [0.4, 0.5) is 0 Å². The van der Waals surface area contributed by atoms with Crippen molar-refractivity contribution in [3.8, 4) is 5.69 Å². The predicted octanol–water partition coefficient (Wildman–Crippen LogP) is 4.93. The smallest absolute Gasteiger partial charge is 0.263 e. The SMILES string of the molecule is Cc1cccc2sc(C(=O)N[C@H](C)c3ccc(-n4cncn4)cc3)c(Cl)c12. The molecule has 4 aromatic rings. The Morgan fingerprint density at radius 1 is 1.22 bits per heavy atom. The zero-order valence-corrected chi connectivity index (χ0v) is 16.4. The summed E-state index contributed by atoms with van der Waals surface area (Å²) >= 11 is 7.92. The average Bonchev–Trinajstić information content (AvgIpc) is 3.31. The van der Waals surface area contributed by atoms with Crippen molar-refractivity contribution in [3.05, 3.63) is 76.1 Å². The Bertz CT molecular complexity index is 1100. The van der Waals surface area contributed by atoms with Gasteiger partial charge in [-0.05, 0) is 43.2 Å². The minimum Gasteiger partial charge on any atom is -0.345 e. The van der Waals surface area contributed by atoms with E-state index in [0.717, 1.165) is 26.9 Å².